The summed E-state index contributed by atoms with van der Waals surface area (Å²) in [6.45, 7) is 1.90. The van der Waals surface area contributed by atoms with E-state index in [1.807, 2.05) is 43.5 Å². The maximum atomic E-state index is 12.0. The van der Waals surface area contributed by atoms with Crippen LogP contribution in [-0.2, 0) is 11.2 Å². The molecule has 1 heterocycles. The molecule has 4 heteroatoms. The van der Waals surface area contributed by atoms with Gasteiger partial charge in [0, 0.05) is 22.5 Å². The molecule has 0 radical (unpaired) electrons. The molecule has 0 atom stereocenters. The molecule has 0 unspecified atom stereocenters. The zero-order valence-electron chi connectivity index (χ0n) is 11.0. The minimum Gasteiger partial charge on any atom is -0.326 e. The van der Waals surface area contributed by atoms with E-state index in [-0.39, 0.29) is 5.91 Å². The molecule has 0 fully saturated rings. The van der Waals surface area contributed by atoms with Gasteiger partial charge in [0.2, 0.25) is 5.91 Å². The van der Waals surface area contributed by atoms with Gasteiger partial charge in [-0.2, -0.15) is 0 Å². The van der Waals surface area contributed by atoms with E-state index in [1.165, 1.54) is 0 Å². The summed E-state index contributed by atoms with van der Waals surface area (Å²) in [7, 11) is 0. The molecule has 2 rings (SSSR count). The Kier molecular flexibility index (Phi) is 4.58. The maximum Gasteiger partial charge on any atom is 0.228 e. The SMILES string of the molecule is CSc1ccccc1CC(=O)Nc1ccnc(C)c1. The molecule has 0 aliphatic rings. The van der Waals surface area contributed by atoms with Gasteiger partial charge in [0.25, 0.3) is 0 Å². The number of rotatable bonds is 4. The van der Waals surface area contributed by atoms with Crippen LogP contribution < -0.4 is 5.32 Å². The van der Waals surface area contributed by atoms with E-state index in [2.05, 4.69) is 10.3 Å². The van der Waals surface area contributed by atoms with Gasteiger partial charge in [-0.15, -0.1) is 11.8 Å². The highest BCUT2D eigenvalue weighted by Crippen LogP contribution is 2.20. The molecule has 19 heavy (non-hydrogen) atoms. The molecule has 0 aliphatic carbocycles. The van der Waals surface area contributed by atoms with E-state index in [9.17, 15) is 4.79 Å². The Labute approximate surface area is 117 Å². The number of benzene rings is 1. The van der Waals surface area contributed by atoms with Crippen molar-refractivity contribution < 1.29 is 4.79 Å². The summed E-state index contributed by atoms with van der Waals surface area (Å²) in [5.41, 5.74) is 2.74. The van der Waals surface area contributed by atoms with Gasteiger partial charge in [-0.3, -0.25) is 9.78 Å². The van der Waals surface area contributed by atoms with E-state index >= 15 is 0 Å². The van der Waals surface area contributed by atoms with Crippen LogP contribution in [0.4, 0.5) is 5.69 Å². The molecular formula is C15H16N2OS. The van der Waals surface area contributed by atoms with Crippen molar-refractivity contribution in [3.8, 4) is 0 Å². The first kappa shape index (κ1) is 13.6. The normalized spacial score (nSPS) is 10.2. The summed E-state index contributed by atoms with van der Waals surface area (Å²) in [5, 5.41) is 2.89. The molecule has 1 amide bonds. The van der Waals surface area contributed by atoms with Crippen molar-refractivity contribution in [1.29, 1.82) is 0 Å². The van der Waals surface area contributed by atoms with Gasteiger partial charge in [-0.25, -0.2) is 0 Å². The highest BCUT2D eigenvalue weighted by Gasteiger charge is 2.07. The Morgan fingerprint density at radius 1 is 1.32 bits per heavy atom. The standard InChI is InChI=1S/C15H16N2OS/c1-11-9-13(7-8-16-11)17-15(18)10-12-5-3-4-6-14(12)19-2/h3-9H,10H2,1-2H3,(H,16,17,18). The third-order valence-electron chi connectivity index (χ3n) is 2.72. The third-order valence-corrected chi connectivity index (χ3v) is 3.56. The highest BCUT2D eigenvalue weighted by molar-refractivity contribution is 7.98. The van der Waals surface area contributed by atoms with Gasteiger partial charge < -0.3 is 5.32 Å². The number of nitrogens with one attached hydrogen (secondary N) is 1. The molecule has 1 aromatic carbocycles. The molecule has 1 N–H and O–H groups in total. The van der Waals surface area contributed by atoms with Crippen molar-refractivity contribution in [2.45, 2.75) is 18.2 Å². The molecule has 2 aromatic rings. The lowest BCUT2D eigenvalue weighted by atomic mass is 10.1. The topological polar surface area (TPSA) is 42.0 Å². The number of hydrogen-bond acceptors (Lipinski definition) is 3. The number of hydrogen-bond donors (Lipinski definition) is 1. The Morgan fingerprint density at radius 3 is 2.84 bits per heavy atom. The second kappa shape index (κ2) is 6.38. The minimum absolute atomic E-state index is 0.00731. The quantitative estimate of drug-likeness (QED) is 0.868. The molecule has 98 valence electrons. The van der Waals surface area contributed by atoms with Crippen LogP contribution >= 0.6 is 11.8 Å². The largest absolute Gasteiger partial charge is 0.326 e. The summed E-state index contributed by atoms with van der Waals surface area (Å²) in [5.74, 6) is -0.00731. The van der Waals surface area contributed by atoms with E-state index in [0.29, 0.717) is 6.42 Å². The number of amides is 1. The summed E-state index contributed by atoms with van der Waals surface area (Å²) in [6, 6.07) is 11.6. The first-order valence-corrected chi connectivity index (χ1v) is 7.26. The summed E-state index contributed by atoms with van der Waals surface area (Å²) >= 11 is 1.66. The lowest BCUT2D eigenvalue weighted by Crippen LogP contribution is -2.15. The van der Waals surface area contributed by atoms with Crippen molar-refractivity contribution in [3.63, 3.8) is 0 Å². The van der Waals surface area contributed by atoms with E-state index < -0.39 is 0 Å². The highest BCUT2D eigenvalue weighted by atomic mass is 32.2. The maximum absolute atomic E-state index is 12.0. The van der Waals surface area contributed by atoms with Crippen LogP contribution in [0, 0.1) is 6.92 Å². The smallest absolute Gasteiger partial charge is 0.228 e. The van der Waals surface area contributed by atoms with Crippen LogP contribution in [0.25, 0.3) is 0 Å². The van der Waals surface area contributed by atoms with Crippen LogP contribution in [0.15, 0.2) is 47.5 Å². The van der Waals surface area contributed by atoms with Crippen LogP contribution in [0.3, 0.4) is 0 Å². The molecule has 1 aromatic heterocycles. The van der Waals surface area contributed by atoms with Gasteiger partial charge in [0.05, 0.1) is 6.42 Å². The summed E-state index contributed by atoms with van der Waals surface area (Å²) in [6.07, 6.45) is 4.10. The van der Waals surface area contributed by atoms with Gasteiger partial charge in [-0.1, -0.05) is 18.2 Å². The van der Waals surface area contributed by atoms with Crippen LogP contribution in [0.2, 0.25) is 0 Å². The number of aryl methyl sites for hydroxylation is 1. The van der Waals surface area contributed by atoms with Crippen molar-refractivity contribution >= 4 is 23.4 Å². The van der Waals surface area contributed by atoms with E-state index in [4.69, 9.17) is 0 Å². The number of nitrogens with zero attached hydrogens (tertiary/aromatic N) is 1. The van der Waals surface area contributed by atoms with Crippen LogP contribution in [0.5, 0.6) is 0 Å². The average molecular weight is 272 g/mol. The average Bonchev–Trinajstić information content (AvgIpc) is 2.39. The van der Waals surface area contributed by atoms with Crippen molar-refractivity contribution in [1.82, 2.24) is 4.98 Å². The molecule has 0 bridgehead atoms. The number of thioether (sulfide) groups is 1. The summed E-state index contributed by atoms with van der Waals surface area (Å²) < 4.78 is 0. The lowest BCUT2D eigenvalue weighted by Gasteiger charge is -2.08. The first-order chi connectivity index (χ1) is 9.19. The first-order valence-electron chi connectivity index (χ1n) is 6.03. The Bertz CT molecular complexity index is 584. The fourth-order valence-electron chi connectivity index (χ4n) is 1.85. The molecule has 0 saturated carbocycles. The predicted octanol–water partition coefficient (Wildman–Crippen LogP) is 3.29. The number of anilines is 1. The van der Waals surface area contributed by atoms with Gasteiger partial charge >= 0.3 is 0 Å². The zero-order chi connectivity index (χ0) is 13.7. The number of aromatic nitrogens is 1. The zero-order valence-corrected chi connectivity index (χ0v) is 11.8. The van der Waals surface area contributed by atoms with Crippen LogP contribution in [0.1, 0.15) is 11.3 Å². The van der Waals surface area contributed by atoms with Crippen LogP contribution in [-0.4, -0.2) is 17.1 Å². The lowest BCUT2D eigenvalue weighted by molar-refractivity contribution is -0.115. The Morgan fingerprint density at radius 2 is 2.11 bits per heavy atom. The molecule has 0 aliphatic heterocycles. The number of pyridine rings is 1. The van der Waals surface area contributed by atoms with Crippen molar-refractivity contribution in [2.75, 3.05) is 11.6 Å². The molecular weight excluding hydrogens is 256 g/mol. The van der Waals surface area contributed by atoms with E-state index in [0.717, 1.165) is 21.8 Å². The Hall–Kier alpha value is -1.81. The number of carbonyl (C=O) groups is 1. The molecule has 3 nitrogen and oxygen atoms in total. The predicted molar refractivity (Wildman–Crippen MR) is 79.5 cm³/mol. The van der Waals surface area contributed by atoms with Gasteiger partial charge in [0.1, 0.15) is 0 Å². The minimum atomic E-state index is -0.00731. The second-order valence-electron chi connectivity index (χ2n) is 4.22. The van der Waals surface area contributed by atoms with Crippen molar-refractivity contribution in [3.05, 3.63) is 53.9 Å². The van der Waals surface area contributed by atoms with Crippen molar-refractivity contribution in [2.24, 2.45) is 0 Å². The van der Waals surface area contributed by atoms with Gasteiger partial charge in [0.15, 0.2) is 0 Å². The van der Waals surface area contributed by atoms with E-state index in [1.54, 1.807) is 24.0 Å². The molecule has 0 spiro atoms. The summed E-state index contributed by atoms with van der Waals surface area (Å²) in [4.78, 5) is 17.3. The second-order valence-corrected chi connectivity index (χ2v) is 5.07. The Balaban J connectivity index is 2.05. The third kappa shape index (κ3) is 3.83. The van der Waals surface area contributed by atoms with Gasteiger partial charge in [-0.05, 0) is 36.9 Å². The fourth-order valence-corrected chi connectivity index (χ4v) is 2.47. The monoisotopic (exact) mass is 272 g/mol. The molecule has 0 saturated heterocycles. The fraction of sp³-hybridized carbons (Fsp3) is 0.200. The number of carbonyl (C=O) groups excluding carboxylic acids is 1.